The molecule has 3 N–H and O–H groups in total. The molecule has 2 amide bonds. The number of hydrogen-bond donors (Lipinski definition) is 3. The highest BCUT2D eigenvalue weighted by Crippen LogP contribution is 2.09. The molecule has 0 bridgehead atoms. The van der Waals surface area contributed by atoms with Crippen molar-refractivity contribution < 1.29 is 28.2 Å². The summed E-state index contributed by atoms with van der Waals surface area (Å²) in [6.45, 7) is 4.02. The van der Waals surface area contributed by atoms with E-state index < -0.39 is 0 Å². The maximum Gasteiger partial charge on any atom is 0.279 e. The van der Waals surface area contributed by atoms with Crippen molar-refractivity contribution in [2.75, 3.05) is 51.6 Å². The summed E-state index contributed by atoms with van der Waals surface area (Å²) in [6.07, 6.45) is 0. The van der Waals surface area contributed by atoms with Gasteiger partial charge in [-0.25, -0.2) is 8.78 Å². The Kier molecular flexibility index (Phi) is 7.48. The van der Waals surface area contributed by atoms with Gasteiger partial charge in [-0.05, 0) is 24.3 Å². The van der Waals surface area contributed by atoms with E-state index in [0.29, 0.717) is 24.3 Å². The highest BCUT2D eigenvalue weighted by Gasteiger charge is 2.27. The van der Waals surface area contributed by atoms with Gasteiger partial charge in [0.1, 0.15) is 37.8 Å². The van der Waals surface area contributed by atoms with Gasteiger partial charge >= 0.3 is 0 Å². The van der Waals surface area contributed by atoms with Crippen molar-refractivity contribution in [1.29, 1.82) is 0 Å². The van der Waals surface area contributed by atoms with Gasteiger partial charge in [0.05, 0.1) is 0 Å². The number of quaternary nitrogens is 2. The molecule has 3 rings (SSSR count). The monoisotopic (exact) mass is 418 g/mol. The zero-order chi connectivity index (χ0) is 21.5. The van der Waals surface area contributed by atoms with Gasteiger partial charge in [0.15, 0.2) is 13.1 Å². The van der Waals surface area contributed by atoms with Crippen LogP contribution < -0.4 is 15.1 Å². The van der Waals surface area contributed by atoms with E-state index in [1.807, 2.05) is 0 Å². The fourth-order valence-electron chi connectivity index (χ4n) is 3.63. The van der Waals surface area contributed by atoms with E-state index >= 15 is 0 Å². The van der Waals surface area contributed by atoms with Gasteiger partial charge in [0.25, 0.3) is 11.8 Å². The Labute approximate surface area is 175 Å². The minimum atomic E-state index is -0.387. The normalized spacial score (nSPS) is 18.6. The molecule has 0 aromatic heterocycles. The minimum Gasteiger partial charge on any atom is -0.336 e. The second-order valence-corrected chi connectivity index (χ2v) is 7.75. The Morgan fingerprint density at radius 2 is 1.63 bits per heavy atom. The van der Waals surface area contributed by atoms with Crippen LogP contribution >= 0.6 is 0 Å². The van der Waals surface area contributed by atoms with E-state index in [9.17, 15) is 18.4 Å². The number of nitrogens with zero attached hydrogens (tertiary/aromatic N) is 1. The summed E-state index contributed by atoms with van der Waals surface area (Å²) in [5, 5.41) is 2.72. The van der Waals surface area contributed by atoms with Crippen LogP contribution in [0.5, 0.6) is 0 Å². The number of piperazine rings is 1. The third-order valence-corrected chi connectivity index (χ3v) is 5.38. The van der Waals surface area contributed by atoms with Gasteiger partial charge in [0.2, 0.25) is 0 Å². The van der Waals surface area contributed by atoms with Gasteiger partial charge in [-0.1, -0.05) is 24.3 Å². The number of nitrogens with one attached hydrogen (secondary N) is 3. The molecule has 0 saturated carbocycles. The van der Waals surface area contributed by atoms with E-state index in [4.69, 9.17) is 0 Å². The van der Waals surface area contributed by atoms with Crippen LogP contribution in [0, 0.1) is 11.6 Å². The van der Waals surface area contributed by atoms with Crippen LogP contribution in [0.4, 0.5) is 14.5 Å². The Hall–Kier alpha value is -2.84. The van der Waals surface area contributed by atoms with Crippen molar-refractivity contribution in [1.82, 2.24) is 4.90 Å². The molecular formula is C22H28F2N4O2+2. The lowest BCUT2D eigenvalue weighted by Gasteiger charge is -2.30. The second-order valence-electron chi connectivity index (χ2n) is 7.75. The largest absolute Gasteiger partial charge is 0.336 e. The number of rotatable bonds is 7. The SMILES string of the molecule is CN(Cc1ccccc1F)C(=O)C[NH+]1CC[NH+](CC(=O)Nc2cccc(F)c2)CC1. The van der Waals surface area contributed by atoms with Crippen molar-refractivity contribution in [3.8, 4) is 0 Å². The first-order chi connectivity index (χ1) is 14.4. The maximum atomic E-state index is 13.8. The van der Waals surface area contributed by atoms with Crippen LogP contribution in [0.3, 0.4) is 0 Å². The molecule has 1 saturated heterocycles. The van der Waals surface area contributed by atoms with Gasteiger partial charge < -0.3 is 20.0 Å². The predicted molar refractivity (Wildman–Crippen MR) is 109 cm³/mol. The van der Waals surface area contributed by atoms with Crippen LogP contribution in [-0.2, 0) is 16.1 Å². The lowest BCUT2D eigenvalue weighted by atomic mass is 10.2. The Bertz CT molecular complexity index is 885. The van der Waals surface area contributed by atoms with Crippen molar-refractivity contribution in [2.24, 2.45) is 0 Å². The Morgan fingerprint density at radius 1 is 0.967 bits per heavy atom. The van der Waals surface area contributed by atoms with Gasteiger partial charge in [0, 0.05) is 24.8 Å². The summed E-state index contributed by atoms with van der Waals surface area (Å²) in [7, 11) is 1.69. The van der Waals surface area contributed by atoms with Crippen LogP contribution in [0.15, 0.2) is 48.5 Å². The van der Waals surface area contributed by atoms with Gasteiger partial charge in [-0.2, -0.15) is 0 Å². The number of benzene rings is 2. The number of likely N-dealkylation sites (N-methyl/N-ethyl adjacent to an activating group) is 1. The first-order valence-electron chi connectivity index (χ1n) is 10.1. The summed E-state index contributed by atoms with van der Waals surface area (Å²) in [4.78, 5) is 28.5. The molecule has 1 fully saturated rings. The average molecular weight is 418 g/mol. The van der Waals surface area contributed by atoms with E-state index in [-0.39, 0.29) is 30.0 Å². The highest BCUT2D eigenvalue weighted by molar-refractivity contribution is 5.91. The molecule has 0 radical (unpaired) electrons. The number of hydrogen-bond acceptors (Lipinski definition) is 2. The lowest BCUT2D eigenvalue weighted by Crippen LogP contribution is -3.28. The highest BCUT2D eigenvalue weighted by atomic mass is 19.1. The number of amides is 2. The van der Waals surface area contributed by atoms with Crippen molar-refractivity contribution in [3.63, 3.8) is 0 Å². The van der Waals surface area contributed by atoms with E-state index in [0.717, 1.165) is 36.0 Å². The molecule has 1 aliphatic heterocycles. The van der Waals surface area contributed by atoms with Crippen molar-refractivity contribution in [2.45, 2.75) is 6.54 Å². The quantitative estimate of drug-likeness (QED) is 0.560. The van der Waals surface area contributed by atoms with Gasteiger partial charge in [-0.3, -0.25) is 9.59 Å². The lowest BCUT2D eigenvalue weighted by molar-refractivity contribution is -1.00. The molecule has 1 heterocycles. The third kappa shape index (κ3) is 6.33. The molecule has 2 aromatic carbocycles. The minimum absolute atomic E-state index is 0.0273. The molecule has 160 valence electrons. The van der Waals surface area contributed by atoms with E-state index in [1.165, 1.54) is 18.2 Å². The standard InChI is InChI=1S/C22H26F2N4O2/c1-26(14-17-5-2-3-8-20(17)24)22(30)16-28-11-9-27(10-12-28)15-21(29)25-19-7-4-6-18(23)13-19/h2-8,13H,9-12,14-16H2,1H3,(H,25,29)/p+2. The second kappa shape index (κ2) is 10.3. The molecule has 2 aromatic rings. The number of carbonyl (C=O) groups is 2. The van der Waals surface area contributed by atoms with Gasteiger partial charge in [-0.15, -0.1) is 0 Å². The molecule has 0 unspecified atom stereocenters. The molecular weight excluding hydrogens is 390 g/mol. The molecule has 0 spiro atoms. The summed E-state index contributed by atoms with van der Waals surface area (Å²) >= 11 is 0. The van der Waals surface area contributed by atoms with Crippen LogP contribution in [-0.4, -0.2) is 63.0 Å². The molecule has 1 aliphatic rings. The Morgan fingerprint density at radius 3 is 2.30 bits per heavy atom. The van der Waals surface area contributed by atoms with E-state index in [1.54, 1.807) is 42.3 Å². The fourth-order valence-corrected chi connectivity index (χ4v) is 3.63. The molecule has 8 heteroatoms. The van der Waals surface area contributed by atoms with Crippen LogP contribution in [0.25, 0.3) is 0 Å². The topological polar surface area (TPSA) is 58.3 Å². The Balaban J connectivity index is 1.40. The molecule has 30 heavy (non-hydrogen) atoms. The summed E-state index contributed by atoms with van der Waals surface area (Å²) < 4.78 is 27.0. The summed E-state index contributed by atoms with van der Waals surface area (Å²) in [5.74, 6) is -0.875. The summed E-state index contributed by atoms with van der Waals surface area (Å²) in [5.41, 5.74) is 0.953. The predicted octanol–water partition coefficient (Wildman–Crippen LogP) is -0.655. The first kappa shape index (κ1) is 21.9. The number of halogens is 2. The summed E-state index contributed by atoms with van der Waals surface area (Å²) in [6, 6.07) is 12.3. The maximum absolute atomic E-state index is 13.8. The molecule has 6 nitrogen and oxygen atoms in total. The molecule has 0 aliphatic carbocycles. The molecule has 0 atom stereocenters. The van der Waals surface area contributed by atoms with Crippen molar-refractivity contribution in [3.05, 3.63) is 65.7 Å². The van der Waals surface area contributed by atoms with E-state index in [2.05, 4.69) is 5.32 Å². The zero-order valence-electron chi connectivity index (χ0n) is 17.1. The fraction of sp³-hybridized carbons (Fsp3) is 0.364. The average Bonchev–Trinajstić information content (AvgIpc) is 2.71. The smallest absolute Gasteiger partial charge is 0.279 e. The number of anilines is 1. The third-order valence-electron chi connectivity index (χ3n) is 5.38. The number of carbonyl (C=O) groups excluding carboxylic acids is 2. The van der Waals surface area contributed by atoms with Crippen molar-refractivity contribution >= 4 is 17.5 Å². The van der Waals surface area contributed by atoms with Crippen LogP contribution in [0.1, 0.15) is 5.56 Å². The zero-order valence-corrected chi connectivity index (χ0v) is 17.1. The first-order valence-corrected chi connectivity index (χ1v) is 10.1. The van der Waals surface area contributed by atoms with Crippen LogP contribution in [0.2, 0.25) is 0 Å².